The van der Waals surface area contributed by atoms with Gasteiger partial charge in [0.2, 0.25) is 0 Å². The van der Waals surface area contributed by atoms with Gasteiger partial charge in [-0.15, -0.1) is 0 Å². The van der Waals surface area contributed by atoms with Crippen LogP contribution in [0.2, 0.25) is 0 Å². The molecule has 0 N–H and O–H groups in total. The molecule has 0 aromatic carbocycles. The van der Waals surface area contributed by atoms with E-state index in [1.54, 1.807) is 5.57 Å². The maximum absolute atomic E-state index is 5.99. The molecule has 2 saturated carbocycles. The van der Waals surface area contributed by atoms with Crippen LogP contribution >= 0.6 is 0 Å². The summed E-state index contributed by atoms with van der Waals surface area (Å²) in [5.41, 5.74) is 1.62. The van der Waals surface area contributed by atoms with Gasteiger partial charge in [-0.25, -0.2) is 0 Å². The van der Waals surface area contributed by atoms with Crippen LogP contribution in [0, 0.1) is 23.7 Å². The number of ether oxygens (including phenoxy) is 1. The molecule has 0 spiro atoms. The largest absolute Gasteiger partial charge is 0.498 e. The number of allylic oxidation sites excluding steroid dienone is 3. The minimum Gasteiger partial charge on any atom is -0.498 e. The summed E-state index contributed by atoms with van der Waals surface area (Å²) in [4.78, 5) is 0. The molecule has 148 valence electrons. The minimum absolute atomic E-state index is 0.496. The first kappa shape index (κ1) is 20.0. The zero-order valence-electron chi connectivity index (χ0n) is 17.4. The molecule has 0 bridgehead atoms. The third-order valence-electron chi connectivity index (χ3n) is 7.32. The molecule has 0 radical (unpaired) electrons. The molecule has 3 rings (SSSR count). The van der Waals surface area contributed by atoms with Crippen molar-refractivity contribution in [2.45, 2.75) is 110 Å². The Hall–Kier alpha value is -0.720. The van der Waals surface area contributed by atoms with Crippen molar-refractivity contribution in [1.29, 1.82) is 0 Å². The fourth-order valence-electron chi connectivity index (χ4n) is 5.55. The van der Waals surface area contributed by atoms with E-state index in [-0.39, 0.29) is 0 Å². The first-order valence-corrected chi connectivity index (χ1v) is 11.8. The van der Waals surface area contributed by atoms with Crippen molar-refractivity contribution in [1.82, 2.24) is 0 Å². The van der Waals surface area contributed by atoms with Gasteiger partial charge in [0.25, 0.3) is 0 Å². The molecule has 26 heavy (non-hydrogen) atoms. The van der Waals surface area contributed by atoms with Gasteiger partial charge in [-0.3, -0.25) is 0 Å². The van der Waals surface area contributed by atoms with E-state index in [0.717, 1.165) is 23.7 Å². The van der Waals surface area contributed by atoms with E-state index in [0.29, 0.717) is 6.10 Å². The lowest BCUT2D eigenvalue weighted by molar-refractivity contribution is 0.104. The predicted molar refractivity (Wildman–Crippen MR) is 112 cm³/mol. The van der Waals surface area contributed by atoms with Gasteiger partial charge < -0.3 is 4.74 Å². The second kappa shape index (κ2) is 10.6. The van der Waals surface area contributed by atoms with Crippen molar-refractivity contribution in [3.8, 4) is 0 Å². The molecule has 1 heteroatoms. The van der Waals surface area contributed by atoms with Gasteiger partial charge >= 0.3 is 0 Å². The molecule has 1 unspecified atom stereocenters. The highest BCUT2D eigenvalue weighted by molar-refractivity contribution is 5.09. The summed E-state index contributed by atoms with van der Waals surface area (Å²) in [6, 6.07) is 0. The fraction of sp³-hybridized carbons (Fsp3) is 0.840. The molecule has 0 saturated heterocycles. The fourth-order valence-corrected chi connectivity index (χ4v) is 5.55. The highest BCUT2D eigenvalue weighted by atomic mass is 16.5. The zero-order valence-corrected chi connectivity index (χ0v) is 17.4. The molecular formula is C25H42O. The highest BCUT2D eigenvalue weighted by Gasteiger charge is 2.26. The van der Waals surface area contributed by atoms with E-state index in [1.165, 1.54) is 89.9 Å². The lowest BCUT2D eigenvalue weighted by Gasteiger charge is -2.32. The van der Waals surface area contributed by atoms with Crippen LogP contribution in [0.15, 0.2) is 24.0 Å². The van der Waals surface area contributed by atoms with Gasteiger partial charge in [-0.05, 0) is 99.9 Å². The van der Waals surface area contributed by atoms with Crippen molar-refractivity contribution in [2.24, 2.45) is 23.7 Å². The van der Waals surface area contributed by atoms with E-state index >= 15 is 0 Å². The molecule has 0 amide bonds. The molecule has 1 heterocycles. The van der Waals surface area contributed by atoms with E-state index in [4.69, 9.17) is 4.74 Å². The SMILES string of the molecule is CCCC1CCC(C=CC2CCC(C3=COC(CCC)CC3)CC2)CC1. The Balaban J connectivity index is 1.36. The monoisotopic (exact) mass is 358 g/mol. The summed E-state index contributed by atoms with van der Waals surface area (Å²) in [5, 5.41) is 0. The summed E-state index contributed by atoms with van der Waals surface area (Å²) in [6.07, 6.45) is 27.1. The Kier molecular flexibility index (Phi) is 8.14. The van der Waals surface area contributed by atoms with Crippen molar-refractivity contribution in [2.75, 3.05) is 0 Å². The summed E-state index contributed by atoms with van der Waals surface area (Å²) in [5.74, 6) is 3.57. The maximum Gasteiger partial charge on any atom is 0.0981 e. The Morgan fingerprint density at radius 1 is 0.808 bits per heavy atom. The van der Waals surface area contributed by atoms with Gasteiger partial charge in [0, 0.05) is 0 Å². The zero-order chi connectivity index (χ0) is 18.2. The number of hydrogen-bond acceptors (Lipinski definition) is 1. The molecule has 0 aromatic rings. The summed E-state index contributed by atoms with van der Waals surface area (Å²) in [6.45, 7) is 4.59. The van der Waals surface area contributed by atoms with Gasteiger partial charge in [-0.2, -0.15) is 0 Å². The molecule has 0 aromatic heterocycles. The van der Waals surface area contributed by atoms with Crippen LogP contribution in [0.5, 0.6) is 0 Å². The van der Waals surface area contributed by atoms with Crippen molar-refractivity contribution >= 4 is 0 Å². The van der Waals surface area contributed by atoms with Crippen LogP contribution in [-0.2, 0) is 4.74 Å². The first-order valence-electron chi connectivity index (χ1n) is 11.8. The van der Waals surface area contributed by atoms with Crippen LogP contribution in [0.25, 0.3) is 0 Å². The molecule has 2 fully saturated rings. The molecule has 2 aliphatic carbocycles. The van der Waals surface area contributed by atoms with Crippen molar-refractivity contribution in [3.63, 3.8) is 0 Å². The summed E-state index contributed by atoms with van der Waals surface area (Å²) < 4.78 is 5.99. The van der Waals surface area contributed by atoms with Crippen LogP contribution in [0.4, 0.5) is 0 Å². The van der Waals surface area contributed by atoms with E-state index in [2.05, 4.69) is 32.3 Å². The topological polar surface area (TPSA) is 9.23 Å². The number of rotatable bonds is 7. The average Bonchev–Trinajstić information content (AvgIpc) is 2.69. The standard InChI is InChI=1S/C25H42O/c1-3-5-20-7-9-21(10-8-20)11-12-22-13-15-23(16-14-22)24-17-18-25(6-4-2)26-19-24/h11-12,19-23,25H,3-10,13-18H2,1-2H3. The quantitative estimate of drug-likeness (QED) is 0.421. The third-order valence-corrected chi connectivity index (χ3v) is 7.32. The molecule has 1 nitrogen and oxygen atoms in total. The smallest absolute Gasteiger partial charge is 0.0981 e. The van der Waals surface area contributed by atoms with E-state index in [1.807, 2.05) is 0 Å². The summed E-state index contributed by atoms with van der Waals surface area (Å²) in [7, 11) is 0. The van der Waals surface area contributed by atoms with Gasteiger partial charge in [0.05, 0.1) is 12.4 Å². The van der Waals surface area contributed by atoms with Gasteiger partial charge in [0.15, 0.2) is 0 Å². The Bertz CT molecular complexity index is 447. The Labute approximate surface area is 162 Å². The van der Waals surface area contributed by atoms with E-state index in [9.17, 15) is 0 Å². The average molecular weight is 359 g/mol. The first-order chi connectivity index (χ1) is 12.8. The lowest BCUT2D eigenvalue weighted by atomic mass is 9.76. The normalized spacial score (nSPS) is 35.9. The van der Waals surface area contributed by atoms with Crippen LogP contribution in [-0.4, -0.2) is 6.10 Å². The summed E-state index contributed by atoms with van der Waals surface area (Å²) >= 11 is 0. The number of hydrogen-bond donors (Lipinski definition) is 0. The van der Waals surface area contributed by atoms with Gasteiger partial charge in [0.1, 0.15) is 0 Å². The molecule has 1 atom stereocenters. The minimum atomic E-state index is 0.496. The van der Waals surface area contributed by atoms with Crippen LogP contribution in [0.3, 0.4) is 0 Å². The highest BCUT2D eigenvalue weighted by Crippen LogP contribution is 2.38. The van der Waals surface area contributed by atoms with Crippen LogP contribution < -0.4 is 0 Å². The molecule has 1 aliphatic heterocycles. The van der Waals surface area contributed by atoms with E-state index < -0.39 is 0 Å². The van der Waals surface area contributed by atoms with Crippen molar-refractivity contribution < 1.29 is 4.74 Å². The van der Waals surface area contributed by atoms with Crippen LogP contribution in [0.1, 0.15) is 104 Å². The lowest BCUT2D eigenvalue weighted by Crippen LogP contribution is -2.21. The molecule has 3 aliphatic rings. The van der Waals surface area contributed by atoms with Gasteiger partial charge in [-0.1, -0.05) is 45.3 Å². The third kappa shape index (κ3) is 5.89. The van der Waals surface area contributed by atoms with Crippen molar-refractivity contribution in [3.05, 3.63) is 24.0 Å². The second-order valence-corrected chi connectivity index (χ2v) is 9.34. The second-order valence-electron chi connectivity index (χ2n) is 9.34. The predicted octanol–water partition coefficient (Wildman–Crippen LogP) is 7.82. The Morgan fingerprint density at radius 3 is 1.96 bits per heavy atom. The Morgan fingerprint density at radius 2 is 1.42 bits per heavy atom. The molecular weight excluding hydrogens is 316 g/mol. The maximum atomic E-state index is 5.99.